The number of rotatable bonds is 14. The zero-order valence-corrected chi connectivity index (χ0v) is 32.5. The Bertz CT molecular complexity index is 1640. The van der Waals surface area contributed by atoms with Gasteiger partial charge in [0.05, 0.1) is 27.4 Å². The highest BCUT2D eigenvalue weighted by molar-refractivity contribution is 6.74. The highest BCUT2D eigenvalue weighted by Gasteiger charge is 2.39. The SMILES string of the molecule is COC(=O)C(Cc1ccc(O)cc1)OCc1ccc(C)cc1.COC(=O)C(Cc1ccc(O[Si](C)(C)C(C)(C)C)cc1)OCc1ccc(C)cc1. The van der Waals surface area contributed by atoms with Crippen molar-refractivity contribution in [2.45, 2.75) is 91.0 Å². The molecule has 0 bridgehead atoms. The van der Waals surface area contributed by atoms with Gasteiger partial charge in [-0.1, -0.05) is 105 Å². The van der Waals surface area contributed by atoms with E-state index in [4.69, 9.17) is 23.4 Å². The fourth-order valence-corrected chi connectivity index (χ4v) is 5.68. The highest BCUT2D eigenvalue weighted by atomic mass is 28.4. The van der Waals surface area contributed by atoms with E-state index in [2.05, 4.69) is 33.9 Å². The average Bonchev–Trinajstić information content (AvgIpc) is 3.10. The molecule has 4 aromatic rings. The second-order valence-corrected chi connectivity index (χ2v) is 18.9. The van der Waals surface area contributed by atoms with Crippen molar-refractivity contribution in [1.82, 2.24) is 0 Å². The van der Waals surface area contributed by atoms with Crippen molar-refractivity contribution >= 4 is 20.3 Å². The van der Waals surface area contributed by atoms with Crippen LogP contribution in [0, 0.1) is 13.8 Å². The number of aromatic hydroxyl groups is 1. The minimum Gasteiger partial charge on any atom is -0.544 e. The molecular formula is C42H54O8Si. The second-order valence-electron chi connectivity index (χ2n) is 14.2. The molecule has 51 heavy (non-hydrogen) atoms. The predicted octanol–water partition coefficient (Wildman–Crippen LogP) is 8.68. The van der Waals surface area contributed by atoms with E-state index in [0.29, 0.717) is 26.1 Å². The molecule has 0 saturated carbocycles. The summed E-state index contributed by atoms with van der Waals surface area (Å²) in [6.07, 6.45) is -0.457. The third-order valence-electron chi connectivity index (χ3n) is 8.95. The van der Waals surface area contributed by atoms with Crippen LogP contribution in [0.4, 0.5) is 0 Å². The molecule has 0 fully saturated rings. The van der Waals surface area contributed by atoms with Crippen LogP contribution < -0.4 is 4.43 Å². The van der Waals surface area contributed by atoms with Crippen LogP contribution in [0.3, 0.4) is 0 Å². The van der Waals surface area contributed by atoms with Gasteiger partial charge < -0.3 is 28.5 Å². The van der Waals surface area contributed by atoms with E-state index in [1.54, 1.807) is 24.3 Å². The van der Waals surface area contributed by atoms with Gasteiger partial charge in [-0.05, 0) is 78.5 Å². The van der Waals surface area contributed by atoms with E-state index in [-0.39, 0.29) is 16.8 Å². The van der Waals surface area contributed by atoms with Crippen molar-refractivity contribution in [1.29, 1.82) is 0 Å². The van der Waals surface area contributed by atoms with Crippen LogP contribution in [0.2, 0.25) is 18.1 Å². The average molecular weight is 715 g/mol. The van der Waals surface area contributed by atoms with Crippen molar-refractivity contribution in [2.24, 2.45) is 0 Å². The molecule has 0 aliphatic carbocycles. The van der Waals surface area contributed by atoms with Gasteiger partial charge in [-0.3, -0.25) is 0 Å². The summed E-state index contributed by atoms with van der Waals surface area (Å²) in [6, 6.07) is 30.7. The van der Waals surface area contributed by atoms with E-state index >= 15 is 0 Å². The van der Waals surface area contributed by atoms with Gasteiger partial charge in [-0.25, -0.2) is 9.59 Å². The molecule has 0 amide bonds. The largest absolute Gasteiger partial charge is 0.544 e. The molecule has 2 atom stereocenters. The summed E-state index contributed by atoms with van der Waals surface area (Å²) in [5, 5.41) is 9.44. The number of phenolic OH excluding ortho intramolecular Hbond substituents is 1. The van der Waals surface area contributed by atoms with Crippen molar-refractivity contribution in [3.8, 4) is 11.5 Å². The summed E-state index contributed by atoms with van der Waals surface area (Å²) in [7, 11) is 0.866. The van der Waals surface area contributed by atoms with Gasteiger partial charge in [0.25, 0.3) is 0 Å². The third kappa shape index (κ3) is 13.7. The van der Waals surface area contributed by atoms with Gasteiger partial charge in [-0.15, -0.1) is 0 Å². The van der Waals surface area contributed by atoms with Crippen molar-refractivity contribution in [2.75, 3.05) is 14.2 Å². The predicted molar refractivity (Wildman–Crippen MR) is 203 cm³/mol. The number of hydrogen-bond acceptors (Lipinski definition) is 8. The first-order chi connectivity index (χ1) is 24.1. The Balaban J connectivity index is 0.000000286. The minimum atomic E-state index is -1.87. The lowest BCUT2D eigenvalue weighted by Crippen LogP contribution is -2.43. The van der Waals surface area contributed by atoms with Crippen LogP contribution in [0.5, 0.6) is 11.5 Å². The van der Waals surface area contributed by atoms with Crippen molar-refractivity contribution < 1.29 is 38.1 Å². The Morgan fingerprint density at radius 2 is 0.961 bits per heavy atom. The van der Waals surface area contributed by atoms with Gasteiger partial charge >= 0.3 is 11.9 Å². The Kier molecular flexibility index (Phi) is 15.5. The number of phenols is 1. The van der Waals surface area contributed by atoms with E-state index in [1.807, 2.05) is 86.6 Å². The van der Waals surface area contributed by atoms with Gasteiger partial charge in [-0.2, -0.15) is 0 Å². The molecule has 0 heterocycles. The topological polar surface area (TPSA) is 101 Å². The maximum atomic E-state index is 12.2. The number of esters is 2. The zero-order chi connectivity index (χ0) is 37.6. The Hall–Kier alpha value is -4.44. The first-order valence-electron chi connectivity index (χ1n) is 17.2. The molecule has 8 nitrogen and oxygen atoms in total. The summed E-state index contributed by atoms with van der Waals surface area (Å²) >= 11 is 0. The second kappa shape index (κ2) is 19.2. The van der Waals surface area contributed by atoms with Crippen LogP contribution >= 0.6 is 0 Å². The van der Waals surface area contributed by atoms with Crippen LogP contribution in [-0.4, -0.2) is 51.8 Å². The van der Waals surface area contributed by atoms with Gasteiger partial charge in [0.1, 0.15) is 11.5 Å². The standard InChI is InChI=1S/C24H34O4Si.C18H20O4/c1-18-8-10-20(11-9-18)17-27-22(23(25)26-5)16-19-12-14-21(15-13-19)28-29(6,7)24(2,3)4;1-13-3-5-15(6-4-13)12-22-17(18(20)21-2)11-14-7-9-16(19)10-8-14/h8-15,22H,16-17H2,1-7H3;3-10,17,19H,11-12H2,1-2H3. The summed E-state index contributed by atoms with van der Waals surface area (Å²) in [5.74, 6) is 0.299. The molecule has 0 aliphatic rings. The molecule has 4 rings (SSSR count). The van der Waals surface area contributed by atoms with E-state index < -0.39 is 26.5 Å². The fraction of sp³-hybridized carbons (Fsp3) is 0.381. The molecule has 0 saturated heterocycles. The normalized spacial score (nSPS) is 12.6. The van der Waals surface area contributed by atoms with Crippen LogP contribution in [0.1, 0.15) is 54.2 Å². The lowest BCUT2D eigenvalue weighted by molar-refractivity contribution is -0.155. The first-order valence-corrected chi connectivity index (χ1v) is 20.1. The van der Waals surface area contributed by atoms with Crippen LogP contribution in [-0.2, 0) is 54.6 Å². The molecule has 9 heteroatoms. The molecule has 0 spiro atoms. The van der Waals surface area contributed by atoms with E-state index in [1.165, 1.54) is 25.3 Å². The van der Waals surface area contributed by atoms with Crippen LogP contribution in [0.25, 0.3) is 0 Å². The maximum absolute atomic E-state index is 12.2. The number of hydrogen-bond donors (Lipinski definition) is 1. The quantitative estimate of drug-likeness (QED) is 0.102. The first kappa shape index (κ1) is 41.0. The number of carbonyl (C=O) groups excluding carboxylic acids is 2. The molecule has 0 aromatic heterocycles. The zero-order valence-electron chi connectivity index (χ0n) is 31.5. The third-order valence-corrected chi connectivity index (χ3v) is 13.3. The summed E-state index contributed by atoms with van der Waals surface area (Å²) in [6.45, 7) is 15.9. The molecule has 274 valence electrons. The fourth-order valence-electron chi connectivity index (χ4n) is 4.65. The number of benzene rings is 4. The Labute approximate surface area is 304 Å². The summed E-state index contributed by atoms with van der Waals surface area (Å²) < 4.78 is 27.7. The molecule has 0 radical (unpaired) electrons. The number of carbonyl (C=O) groups is 2. The molecular weight excluding hydrogens is 661 g/mol. The number of ether oxygens (including phenoxy) is 4. The minimum absolute atomic E-state index is 0.144. The lowest BCUT2D eigenvalue weighted by Gasteiger charge is -2.36. The maximum Gasteiger partial charge on any atom is 0.335 e. The monoisotopic (exact) mass is 714 g/mol. The van der Waals surface area contributed by atoms with Gasteiger partial charge in [0.15, 0.2) is 12.2 Å². The Morgan fingerprint density at radius 1 is 0.608 bits per heavy atom. The van der Waals surface area contributed by atoms with Crippen molar-refractivity contribution in [3.05, 3.63) is 130 Å². The van der Waals surface area contributed by atoms with Gasteiger partial charge in [0.2, 0.25) is 8.32 Å². The van der Waals surface area contributed by atoms with Crippen molar-refractivity contribution in [3.63, 3.8) is 0 Å². The molecule has 4 aromatic carbocycles. The Morgan fingerprint density at radius 3 is 1.31 bits per heavy atom. The van der Waals surface area contributed by atoms with Gasteiger partial charge in [0, 0.05) is 12.8 Å². The molecule has 1 N–H and O–H groups in total. The summed E-state index contributed by atoms with van der Waals surface area (Å²) in [5.41, 5.74) is 6.31. The summed E-state index contributed by atoms with van der Waals surface area (Å²) in [4.78, 5) is 24.1. The lowest BCUT2D eigenvalue weighted by atomic mass is 10.1. The number of methoxy groups -OCH3 is 2. The van der Waals surface area contributed by atoms with E-state index in [9.17, 15) is 14.7 Å². The van der Waals surface area contributed by atoms with E-state index in [0.717, 1.165) is 28.0 Å². The van der Waals surface area contributed by atoms with Crippen LogP contribution in [0.15, 0.2) is 97.1 Å². The highest BCUT2D eigenvalue weighted by Crippen LogP contribution is 2.37. The molecule has 0 aliphatic heterocycles. The number of aryl methyl sites for hydroxylation is 2. The molecule has 2 unspecified atom stereocenters. The smallest absolute Gasteiger partial charge is 0.335 e.